The van der Waals surface area contributed by atoms with Crippen molar-refractivity contribution >= 4 is 29.1 Å². The lowest BCUT2D eigenvalue weighted by Crippen LogP contribution is -2.39. The molecule has 2 atom stereocenters. The van der Waals surface area contributed by atoms with Crippen molar-refractivity contribution in [1.82, 2.24) is 4.90 Å². The van der Waals surface area contributed by atoms with Crippen LogP contribution < -0.4 is 5.73 Å². The quantitative estimate of drug-likeness (QED) is 0.866. The summed E-state index contributed by atoms with van der Waals surface area (Å²) < 4.78 is 0. The van der Waals surface area contributed by atoms with Gasteiger partial charge in [-0.25, -0.2) is 0 Å². The molecule has 1 aliphatic heterocycles. The van der Waals surface area contributed by atoms with E-state index in [2.05, 4.69) is 0 Å². The van der Waals surface area contributed by atoms with E-state index in [-0.39, 0.29) is 17.9 Å². The fourth-order valence-corrected chi connectivity index (χ4v) is 3.86. The van der Waals surface area contributed by atoms with Crippen LogP contribution in [-0.2, 0) is 17.8 Å². The first kappa shape index (κ1) is 14.2. The first-order chi connectivity index (χ1) is 9.54. The number of benzene rings is 1. The van der Waals surface area contributed by atoms with Crippen LogP contribution in [-0.4, -0.2) is 23.4 Å². The van der Waals surface area contributed by atoms with E-state index >= 15 is 0 Å². The van der Waals surface area contributed by atoms with E-state index < -0.39 is 0 Å². The van der Waals surface area contributed by atoms with Gasteiger partial charge in [0.1, 0.15) is 0 Å². The van der Waals surface area contributed by atoms with E-state index in [9.17, 15) is 4.79 Å². The summed E-state index contributed by atoms with van der Waals surface area (Å²) in [7, 11) is 0. The van der Waals surface area contributed by atoms with E-state index in [1.54, 1.807) is 6.07 Å². The van der Waals surface area contributed by atoms with Crippen LogP contribution in [0, 0.1) is 5.92 Å². The highest BCUT2D eigenvalue weighted by Crippen LogP contribution is 2.32. The Balaban J connectivity index is 1.77. The molecule has 2 aliphatic rings. The van der Waals surface area contributed by atoms with Gasteiger partial charge in [0.05, 0.1) is 0 Å². The summed E-state index contributed by atoms with van der Waals surface area (Å²) in [6, 6.07) is 3.89. The molecule has 1 aromatic carbocycles. The molecule has 1 amide bonds. The minimum atomic E-state index is 0.0950. The fraction of sp³-hybridized carbons (Fsp3) is 0.533. The molecule has 108 valence electrons. The van der Waals surface area contributed by atoms with E-state index in [1.165, 1.54) is 0 Å². The Bertz CT molecular complexity index is 547. The second-order valence-electron chi connectivity index (χ2n) is 5.81. The predicted octanol–water partition coefficient (Wildman–Crippen LogP) is 3.01. The molecule has 1 aromatic rings. The molecule has 2 unspecified atom stereocenters. The van der Waals surface area contributed by atoms with Crippen molar-refractivity contribution in [1.29, 1.82) is 0 Å². The van der Waals surface area contributed by atoms with Gasteiger partial charge in [-0.2, -0.15) is 0 Å². The van der Waals surface area contributed by atoms with Crippen molar-refractivity contribution in [3.63, 3.8) is 0 Å². The number of rotatable bonds is 1. The number of nitrogens with two attached hydrogens (primary N) is 1. The second kappa shape index (κ2) is 5.55. The van der Waals surface area contributed by atoms with E-state index in [0.29, 0.717) is 16.6 Å². The van der Waals surface area contributed by atoms with Crippen molar-refractivity contribution in [3.8, 4) is 0 Å². The van der Waals surface area contributed by atoms with Gasteiger partial charge in [-0.3, -0.25) is 4.79 Å². The monoisotopic (exact) mass is 312 g/mol. The Morgan fingerprint density at radius 3 is 2.80 bits per heavy atom. The Hall–Kier alpha value is -0.770. The van der Waals surface area contributed by atoms with Gasteiger partial charge in [-0.15, -0.1) is 0 Å². The number of nitrogens with zero attached hydrogens (tertiary/aromatic N) is 1. The summed E-state index contributed by atoms with van der Waals surface area (Å²) in [5.74, 6) is 0.326. The molecule has 1 fully saturated rings. The summed E-state index contributed by atoms with van der Waals surface area (Å²) in [5, 5.41) is 1.32. The zero-order chi connectivity index (χ0) is 14.3. The van der Waals surface area contributed by atoms with Gasteiger partial charge >= 0.3 is 0 Å². The van der Waals surface area contributed by atoms with Crippen molar-refractivity contribution in [2.24, 2.45) is 11.7 Å². The molecule has 2 N–H and O–H groups in total. The Morgan fingerprint density at radius 1 is 1.30 bits per heavy atom. The van der Waals surface area contributed by atoms with Gasteiger partial charge in [-0.1, -0.05) is 23.2 Å². The maximum Gasteiger partial charge on any atom is 0.226 e. The molecule has 20 heavy (non-hydrogen) atoms. The summed E-state index contributed by atoms with van der Waals surface area (Å²) in [5.41, 5.74) is 8.10. The number of halogens is 2. The van der Waals surface area contributed by atoms with Crippen molar-refractivity contribution < 1.29 is 4.79 Å². The third-order valence-electron chi connectivity index (χ3n) is 4.39. The standard InChI is InChI=1S/C15H18Cl2N2O/c16-11-5-9-3-4-19(8-13(9)14(17)7-11)15(20)10-1-2-12(18)6-10/h5,7,10,12H,1-4,6,8,18H2. The van der Waals surface area contributed by atoms with Gasteiger partial charge in [0.15, 0.2) is 0 Å². The van der Waals surface area contributed by atoms with Crippen molar-refractivity contribution in [2.75, 3.05) is 6.54 Å². The average molecular weight is 313 g/mol. The zero-order valence-electron chi connectivity index (χ0n) is 11.2. The lowest BCUT2D eigenvalue weighted by molar-refractivity contribution is -0.136. The smallest absolute Gasteiger partial charge is 0.226 e. The van der Waals surface area contributed by atoms with Gasteiger partial charge in [0.25, 0.3) is 0 Å². The normalized spacial score (nSPS) is 25.6. The third kappa shape index (κ3) is 2.67. The zero-order valence-corrected chi connectivity index (χ0v) is 12.8. The van der Waals surface area contributed by atoms with Crippen molar-refractivity contribution in [2.45, 2.75) is 38.3 Å². The van der Waals surface area contributed by atoms with Crippen molar-refractivity contribution in [3.05, 3.63) is 33.3 Å². The van der Waals surface area contributed by atoms with Crippen LogP contribution in [0.1, 0.15) is 30.4 Å². The number of fused-ring (bicyclic) bond motifs is 1. The van der Waals surface area contributed by atoms with Crippen LogP contribution in [0.25, 0.3) is 0 Å². The molecule has 0 bridgehead atoms. The molecule has 1 heterocycles. The predicted molar refractivity (Wildman–Crippen MR) is 80.9 cm³/mol. The Labute approximate surface area is 129 Å². The summed E-state index contributed by atoms with van der Waals surface area (Å²) >= 11 is 12.3. The van der Waals surface area contributed by atoms with Gasteiger partial charge in [0.2, 0.25) is 5.91 Å². The van der Waals surface area contributed by atoms with Gasteiger partial charge in [0, 0.05) is 35.1 Å². The van der Waals surface area contributed by atoms with Crippen LogP contribution in [0.4, 0.5) is 0 Å². The molecule has 0 radical (unpaired) electrons. The summed E-state index contributed by atoms with van der Waals surface area (Å²) in [6.07, 6.45) is 3.51. The SMILES string of the molecule is NC1CCC(C(=O)N2CCc3cc(Cl)cc(Cl)c3C2)C1. The lowest BCUT2D eigenvalue weighted by Gasteiger charge is -2.31. The molecule has 0 spiro atoms. The molecule has 0 aromatic heterocycles. The topological polar surface area (TPSA) is 46.3 Å². The molecule has 0 saturated heterocycles. The lowest BCUT2D eigenvalue weighted by atomic mass is 9.97. The highest BCUT2D eigenvalue weighted by molar-refractivity contribution is 6.35. The molecule has 1 saturated carbocycles. The van der Waals surface area contributed by atoms with Gasteiger partial charge < -0.3 is 10.6 Å². The van der Waals surface area contributed by atoms with Crippen LogP contribution in [0.3, 0.4) is 0 Å². The number of hydrogen-bond acceptors (Lipinski definition) is 2. The van der Waals surface area contributed by atoms with E-state index in [4.69, 9.17) is 28.9 Å². The minimum absolute atomic E-state index is 0.0950. The number of hydrogen-bond donors (Lipinski definition) is 1. The molecule has 3 rings (SSSR count). The number of carbonyl (C=O) groups is 1. The second-order valence-corrected chi connectivity index (χ2v) is 6.65. The highest BCUT2D eigenvalue weighted by atomic mass is 35.5. The first-order valence-corrected chi connectivity index (χ1v) is 7.81. The Kier molecular flexibility index (Phi) is 3.93. The van der Waals surface area contributed by atoms with E-state index in [0.717, 1.165) is 43.4 Å². The van der Waals surface area contributed by atoms with Crippen LogP contribution in [0.5, 0.6) is 0 Å². The summed E-state index contributed by atoms with van der Waals surface area (Å²) in [4.78, 5) is 14.5. The Morgan fingerprint density at radius 2 is 2.10 bits per heavy atom. The van der Waals surface area contributed by atoms with Crippen LogP contribution in [0.15, 0.2) is 12.1 Å². The van der Waals surface area contributed by atoms with Crippen LogP contribution in [0.2, 0.25) is 10.0 Å². The maximum atomic E-state index is 12.5. The maximum absolute atomic E-state index is 12.5. The largest absolute Gasteiger partial charge is 0.338 e. The van der Waals surface area contributed by atoms with E-state index in [1.807, 2.05) is 11.0 Å². The molecular formula is C15H18Cl2N2O. The molecule has 5 heteroatoms. The number of amides is 1. The van der Waals surface area contributed by atoms with Gasteiger partial charge in [-0.05, 0) is 48.9 Å². The average Bonchev–Trinajstić information content (AvgIpc) is 2.84. The summed E-state index contributed by atoms with van der Waals surface area (Å²) in [6.45, 7) is 1.34. The third-order valence-corrected chi connectivity index (χ3v) is 4.94. The highest BCUT2D eigenvalue weighted by Gasteiger charge is 2.32. The molecular weight excluding hydrogens is 295 g/mol. The minimum Gasteiger partial charge on any atom is -0.338 e. The molecule has 3 nitrogen and oxygen atoms in total. The first-order valence-electron chi connectivity index (χ1n) is 7.05. The number of carbonyl (C=O) groups excluding carboxylic acids is 1. The fourth-order valence-electron chi connectivity index (χ4n) is 3.27. The van der Waals surface area contributed by atoms with Crippen LogP contribution >= 0.6 is 23.2 Å². The molecule has 1 aliphatic carbocycles.